The maximum absolute atomic E-state index is 12.4. The normalized spacial score (nSPS) is 24.6. The Balaban J connectivity index is 0.00000132. The Morgan fingerprint density at radius 3 is 2.26 bits per heavy atom. The summed E-state index contributed by atoms with van der Waals surface area (Å²) in [7, 11) is 0. The fourth-order valence-corrected chi connectivity index (χ4v) is 4.24. The molecular weight excluding hydrogens is 335 g/mol. The van der Waals surface area contributed by atoms with E-state index in [1.54, 1.807) is 0 Å². The number of carbonyl (C=O) groups is 1. The minimum absolute atomic E-state index is 0. The van der Waals surface area contributed by atoms with E-state index in [4.69, 9.17) is 0 Å². The van der Waals surface area contributed by atoms with Gasteiger partial charge in [-0.3, -0.25) is 9.69 Å². The van der Waals surface area contributed by atoms with Gasteiger partial charge < -0.3 is 15.5 Å². The summed E-state index contributed by atoms with van der Waals surface area (Å²) in [6.45, 7) is 7.90. The summed E-state index contributed by atoms with van der Waals surface area (Å²) in [6, 6.07) is 0. The van der Waals surface area contributed by atoms with E-state index < -0.39 is 0 Å². The monoisotopic (exact) mass is 366 g/mol. The van der Waals surface area contributed by atoms with E-state index >= 15 is 0 Å². The van der Waals surface area contributed by atoms with Gasteiger partial charge >= 0.3 is 0 Å². The molecule has 3 rings (SSSR count). The maximum atomic E-state index is 12.4. The number of piperazine rings is 2. The minimum atomic E-state index is 0. The second-order valence-electron chi connectivity index (χ2n) is 6.83. The molecule has 3 fully saturated rings. The molecule has 0 atom stereocenters. The molecule has 0 aromatic rings. The second-order valence-corrected chi connectivity index (χ2v) is 6.83. The van der Waals surface area contributed by atoms with E-state index in [-0.39, 0.29) is 24.8 Å². The first-order chi connectivity index (χ1) is 10.3. The molecule has 136 valence electrons. The third-order valence-corrected chi connectivity index (χ3v) is 5.53. The van der Waals surface area contributed by atoms with Crippen molar-refractivity contribution in [2.24, 2.45) is 0 Å². The van der Waals surface area contributed by atoms with E-state index in [0.29, 0.717) is 17.9 Å². The van der Waals surface area contributed by atoms with Crippen molar-refractivity contribution in [2.75, 3.05) is 52.4 Å². The van der Waals surface area contributed by atoms with Crippen LogP contribution in [0.4, 0.5) is 0 Å². The lowest BCUT2D eigenvalue weighted by Gasteiger charge is -2.50. The number of carbonyl (C=O) groups excluding carboxylic acids is 1. The summed E-state index contributed by atoms with van der Waals surface area (Å²) in [5, 5.41) is 6.89. The van der Waals surface area contributed by atoms with Crippen molar-refractivity contribution in [3.8, 4) is 0 Å². The summed E-state index contributed by atoms with van der Waals surface area (Å²) < 4.78 is 0. The first-order valence-corrected chi connectivity index (χ1v) is 8.74. The number of hydrogen-bond acceptors (Lipinski definition) is 4. The Kier molecular flexibility index (Phi) is 9.16. The molecule has 0 aromatic carbocycles. The third kappa shape index (κ3) is 5.20. The molecule has 3 aliphatic rings. The van der Waals surface area contributed by atoms with Gasteiger partial charge in [0.25, 0.3) is 0 Å². The Bertz CT molecular complexity index is 350. The van der Waals surface area contributed by atoms with E-state index in [2.05, 4.69) is 15.5 Å². The molecule has 0 bridgehead atoms. The number of rotatable bonds is 3. The molecule has 0 aromatic heterocycles. The molecule has 2 saturated heterocycles. The van der Waals surface area contributed by atoms with Gasteiger partial charge in [0.1, 0.15) is 0 Å². The van der Waals surface area contributed by atoms with Crippen LogP contribution in [0.2, 0.25) is 0 Å². The quantitative estimate of drug-likeness (QED) is 0.789. The van der Waals surface area contributed by atoms with Crippen molar-refractivity contribution in [3.63, 3.8) is 0 Å². The first-order valence-electron chi connectivity index (χ1n) is 8.74. The van der Waals surface area contributed by atoms with Gasteiger partial charge in [-0.15, -0.1) is 24.8 Å². The molecule has 2 heterocycles. The largest absolute Gasteiger partial charge is 0.340 e. The van der Waals surface area contributed by atoms with Crippen LogP contribution in [-0.4, -0.2) is 73.6 Å². The van der Waals surface area contributed by atoms with Gasteiger partial charge in [0.2, 0.25) is 5.91 Å². The first kappa shape index (κ1) is 21.0. The Morgan fingerprint density at radius 1 is 0.913 bits per heavy atom. The average molecular weight is 367 g/mol. The van der Waals surface area contributed by atoms with E-state index in [1.807, 2.05) is 4.90 Å². The lowest BCUT2D eigenvalue weighted by atomic mass is 9.79. The van der Waals surface area contributed by atoms with Gasteiger partial charge in [0, 0.05) is 64.3 Å². The van der Waals surface area contributed by atoms with Gasteiger partial charge in [0.05, 0.1) is 0 Å². The molecule has 2 N–H and O–H groups in total. The van der Waals surface area contributed by atoms with Gasteiger partial charge in [-0.05, 0) is 12.8 Å². The zero-order valence-electron chi connectivity index (χ0n) is 14.0. The topological polar surface area (TPSA) is 47.6 Å². The zero-order valence-corrected chi connectivity index (χ0v) is 15.7. The van der Waals surface area contributed by atoms with Crippen molar-refractivity contribution in [1.29, 1.82) is 0 Å². The second kappa shape index (κ2) is 10.0. The molecule has 1 aliphatic carbocycles. The molecule has 0 unspecified atom stereocenters. The Morgan fingerprint density at radius 2 is 1.57 bits per heavy atom. The van der Waals surface area contributed by atoms with Crippen LogP contribution >= 0.6 is 24.8 Å². The van der Waals surface area contributed by atoms with Crippen LogP contribution < -0.4 is 10.6 Å². The van der Waals surface area contributed by atoms with Crippen molar-refractivity contribution in [2.45, 2.75) is 44.1 Å². The number of amides is 1. The number of hydrogen-bond donors (Lipinski definition) is 2. The maximum Gasteiger partial charge on any atom is 0.223 e. The smallest absolute Gasteiger partial charge is 0.223 e. The van der Waals surface area contributed by atoms with Crippen LogP contribution in [0.15, 0.2) is 0 Å². The third-order valence-electron chi connectivity index (χ3n) is 5.53. The van der Waals surface area contributed by atoms with Crippen LogP contribution in [0, 0.1) is 0 Å². The zero-order chi connectivity index (χ0) is 14.5. The summed E-state index contributed by atoms with van der Waals surface area (Å²) in [6.07, 6.45) is 7.40. The molecule has 7 heteroatoms. The van der Waals surface area contributed by atoms with E-state index in [1.165, 1.54) is 32.1 Å². The highest BCUT2D eigenvalue weighted by Gasteiger charge is 2.39. The lowest BCUT2D eigenvalue weighted by Crippen LogP contribution is -2.62. The summed E-state index contributed by atoms with van der Waals surface area (Å²) >= 11 is 0. The van der Waals surface area contributed by atoms with E-state index in [9.17, 15) is 4.79 Å². The molecular formula is C16H32Cl2N4O. The fraction of sp³-hybridized carbons (Fsp3) is 0.938. The van der Waals surface area contributed by atoms with Crippen molar-refractivity contribution in [1.82, 2.24) is 20.4 Å². The van der Waals surface area contributed by atoms with Gasteiger partial charge in [-0.1, -0.05) is 19.3 Å². The highest BCUT2D eigenvalue weighted by molar-refractivity contribution is 5.85. The van der Waals surface area contributed by atoms with Crippen molar-refractivity contribution >= 4 is 30.7 Å². The van der Waals surface area contributed by atoms with Crippen LogP contribution in [0.25, 0.3) is 0 Å². The molecule has 1 amide bonds. The Hall–Kier alpha value is -0.0700. The summed E-state index contributed by atoms with van der Waals surface area (Å²) in [5.74, 6) is 0.348. The SMILES string of the molecule is Cl.Cl.O=C(CCN1CCNCC12CCCCC2)N1CCNCC1. The number of nitrogens with zero attached hydrogens (tertiary/aromatic N) is 2. The number of halogens is 2. The fourth-order valence-electron chi connectivity index (χ4n) is 4.24. The highest BCUT2D eigenvalue weighted by atomic mass is 35.5. The van der Waals surface area contributed by atoms with Crippen molar-refractivity contribution in [3.05, 3.63) is 0 Å². The van der Waals surface area contributed by atoms with Crippen LogP contribution in [-0.2, 0) is 4.79 Å². The highest BCUT2D eigenvalue weighted by Crippen LogP contribution is 2.34. The van der Waals surface area contributed by atoms with Crippen LogP contribution in [0.1, 0.15) is 38.5 Å². The summed E-state index contributed by atoms with van der Waals surface area (Å²) in [5.41, 5.74) is 0.347. The van der Waals surface area contributed by atoms with Crippen molar-refractivity contribution < 1.29 is 4.79 Å². The van der Waals surface area contributed by atoms with Gasteiger partial charge in [-0.2, -0.15) is 0 Å². The predicted molar refractivity (Wildman–Crippen MR) is 98.8 cm³/mol. The predicted octanol–water partition coefficient (Wildman–Crippen LogP) is 1.26. The standard InChI is InChI=1S/C16H30N4O.2ClH/c21-15(19-11-7-17-8-12-19)4-10-20-13-9-18-14-16(20)5-2-1-3-6-16;;/h17-18H,1-14H2;2*1H. The molecule has 1 spiro atoms. The Labute approximate surface area is 152 Å². The van der Waals surface area contributed by atoms with Crippen LogP contribution in [0.3, 0.4) is 0 Å². The molecule has 1 saturated carbocycles. The van der Waals surface area contributed by atoms with E-state index in [0.717, 1.165) is 52.4 Å². The number of nitrogens with one attached hydrogen (secondary N) is 2. The molecule has 5 nitrogen and oxygen atoms in total. The van der Waals surface area contributed by atoms with Gasteiger partial charge in [0.15, 0.2) is 0 Å². The van der Waals surface area contributed by atoms with Gasteiger partial charge in [-0.25, -0.2) is 0 Å². The lowest BCUT2D eigenvalue weighted by molar-refractivity contribution is -0.132. The summed E-state index contributed by atoms with van der Waals surface area (Å²) in [4.78, 5) is 17.0. The van der Waals surface area contributed by atoms with Crippen LogP contribution in [0.5, 0.6) is 0 Å². The average Bonchev–Trinajstić information content (AvgIpc) is 2.55. The minimum Gasteiger partial charge on any atom is -0.340 e. The molecule has 2 aliphatic heterocycles. The molecule has 0 radical (unpaired) electrons. The molecule has 23 heavy (non-hydrogen) atoms.